The highest BCUT2D eigenvalue weighted by atomic mass is 35.5. The van der Waals surface area contributed by atoms with Crippen molar-refractivity contribution in [3.63, 3.8) is 0 Å². The molecule has 4 N–H and O–H groups in total. The quantitative estimate of drug-likeness (QED) is 0.659. The fraction of sp³-hybridized carbons (Fsp3) is 0.0588. The van der Waals surface area contributed by atoms with Crippen LogP contribution in [0.25, 0.3) is 0 Å². The molecule has 0 spiro atoms. The van der Waals surface area contributed by atoms with Crippen LogP contribution in [-0.4, -0.2) is 9.97 Å². The van der Waals surface area contributed by atoms with Crippen molar-refractivity contribution in [3.8, 4) is 0 Å². The number of hydrogen-bond acceptors (Lipinski definition) is 5. The zero-order chi connectivity index (χ0) is 16.1. The Bertz CT molecular complexity index is 775. The number of rotatable bonds is 5. The van der Waals surface area contributed by atoms with Crippen molar-refractivity contribution in [2.24, 2.45) is 0 Å². The number of hydrogen-bond donors (Lipinski definition) is 3. The number of benzene rings is 2. The van der Waals surface area contributed by atoms with Crippen LogP contribution in [0.2, 0.25) is 5.02 Å². The average molecular weight is 326 g/mol. The zero-order valence-electron chi connectivity index (χ0n) is 12.3. The Morgan fingerprint density at radius 3 is 2.35 bits per heavy atom. The standard InChI is InChI=1S/C17H16ClN5/c18-13-8-6-12(7-9-13)10-20-16-15(19)17(22-11-21-16)23-14-4-2-1-3-5-14/h1-9,11H,10,19H2,(H2,20,21,22,23). The lowest BCUT2D eigenvalue weighted by molar-refractivity contribution is 1.09. The normalized spacial score (nSPS) is 10.3. The number of halogens is 1. The summed E-state index contributed by atoms with van der Waals surface area (Å²) in [6, 6.07) is 17.3. The van der Waals surface area contributed by atoms with Gasteiger partial charge in [0, 0.05) is 17.3 Å². The molecular formula is C17H16ClN5. The number of para-hydroxylation sites is 1. The van der Waals surface area contributed by atoms with Crippen LogP contribution in [-0.2, 0) is 6.54 Å². The molecule has 0 unspecified atom stereocenters. The van der Waals surface area contributed by atoms with Crippen molar-refractivity contribution < 1.29 is 0 Å². The molecule has 0 aliphatic carbocycles. The second-order valence-corrected chi connectivity index (χ2v) is 5.39. The molecule has 0 radical (unpaired) electrons. The molecule has 23 heavy (non-hydrogen) atoms. The summed E-state index contributed by atoms with van der Waals surface area (Å²) in [7, 11) is 0. The molecule has 0 atom stereocenters. The number of nitrogens with two attached hydrogens (primary N) is 1. The minimum Gasteiger partial charge on any atom is -0.393 e. The van der Waals surface area contributed by atoms with Crippen LogP contribution in [0.3, 0.4) is 0 Å². The van der Waals surface area contributed by atoms with E-state index in [4.69, 9.17) is 17.3 Å². The molecule has 3 rings (SSSR count). The molecule has 0 aliphatic heterocycles. The summed E-state index contributed by atoms with van der Waals surface area (Å²) in [5.41, 5.74) is 8.63. The van der Waals surface area contributed by atoms with E-state index >= 15 is 0 Å². The van der Waals surface area contributed by atoms with E-state index in [9.17, 15) is 0 Å². The van der Waals surface area contributed by atoms with Gasteiger partial charge in [-0.05, 0) is 29.8 Å². The summed E-state index contributed by atoms with van der Waals surface area (Å²) in [5.74, 6) is 1.16. The van der Waals surface area contributed by atoms with Crippen LogP contribution in [0.15, 0.2) is 60.9 Å². The number of anilines is 4. The van der Waals surface area contributed by atoms with Crippen molar-refractivity contribution in [3.05, 3.63) is 71.5 Å². The first-order valence-electron chi connectivity index (χ1n) is 7.13. The third-order valence-electron chi connectivity index (χ3n) is 3.29. The molecule has 0 saturated heterocycles. The van der Waals surface area contributed by atoms with E-state index in [-0.39, 0.29) is 0 Å². The van der Waals surface area contributed by atoms with E-state index in [0.717, 1.165) is 11.3 Å². The van der Waals surface area contributed by atoms with E-state index in [1.54, 1.807) is 0 Å². The maximum absolute atomic E-state index is 6.15. The fourth-order valence-electron chi connectivity index (χ4n) is 2.08. The summed E-state index contributed by atoms with van der Waals surface area (Å²) in [4.78, 5) is 8.40. The highest BCUT2D eigenvalue weighted by Gasteiger charge is 2.08. The summed E-state index contributed by atoms with van der Waals surface area (Å²) >= 11 is 5.88. The first kappa shape index (κ1) is 15.1. The molecule has 5 nitrogen and oxygen atoms in total. The highest BCUT2D eigenvalue weighted by molar-refractivity contribution is 6.30. The van der Waals surface area contributed by atoms with Gasteiger partial charge in [0.15, 0.2) is 11.6 Å². The molecule has 1 heterocycles. The largest absolute Gasteiger partial charge is 0.393 e. The van der Waals surface area contributed by atoms with Crippen LogP contribution in [0.1, 0.15) is 5.56 Å². The van der Waals surface area contributed by atoms with Gasteiger partial charge < -0.3 is 16.4 Å². The zero-order valence-corrected chi connectivity index (χ0v) is 13.1. The predicted octanol–water partition coefficient (Wildman–Crippen LogP) is 4.07. The maximum Gasteiger partial charge on any atom is 0.159 e. The highest BCUT2D eigenvalue weighted by Crippen LogP contribution is 2.26. The Hall–Kier alpha value is -2.79. The molecule has 0 bridgehead atoms. The van der Waals surface area contributed by atoms with E-state index in [1.165, 1.54) is 6.33 Å². The van der Waals surface area contributed by atoms with Gasteiger partial charge in [-0.2, -0.15) is 0 Å². The van der Waals surface area contributed by atoms with Crippen molar-refractivity contribution >= 4 is 34.6 Å². The van der Waals surface area contributed by atoms with Gasteiger partial charge in [0.1, 0.15) is 12.0 Å². The van der Waals surface area contributed by atoms with Gasteiger partial charge in [0.05, 0.1) is 0 Å². The van der Waals surface area contributed by atoms with Crippen molar-refractivity contribution in [2.75, 3.05) is 16.4 Å². The van der Waals surface area contributed by atoms with E-state index < -0.39 is 0 Å². The number of nitrogen functional groups attached to an aromatic ring is 1. The SMILES string of the molecule is Nc1c(NCc2ccc(Cl)cc2)ncnc1Nc1ccccc1. The fourth-order valence-corrected chi connectivity index (χ4v) is 2.21. The minimum atomic E-state index is 0.477. The molecule has 1 aromatic heterocycles. The van der Waals surface area contributed by atoms with Crippen LogP contribution in [0.5, 0.6) is 0 Å². The van der Waals surface area contributed by atoms with Gasteiger partial charge in [0.2, 0.25) is 0 Å². The Morgan fingerprint density at radius 1 is 0.913 bits per heavy atom. The Balaban J connectivity index is 1.73. The monoisotopic (exact) mass is 325 g/mol. The van der Waals surface area contributed by atoms with Crippen LogP contribution < -0.4 is 16.4 Å². The van der Waals surface area contributed by atoms with Crippen LogP contribution >= 0.6 is 11.6 Å². The molecule has 3 aromatic rings. The lowest BCUT2D eigenvalue weighted by atomic mass is 10.2. The minimum absolute atomic E-state index is 0.477. The third kappa shape index (κ3) is 3.90. The van der Waals surface area contributed by atoms with E-state index in [1.807, 2.05) is 54.6 Å². The summed E-state index contributed by atoms with van der Waals surface area (Å²) < 4.78 is 0. The maximum atomic E-state index is 6.15. The second-order valence-electron chi connectivity index (χ2n) is 4.96. The molecular weight excluding hydrogens is 310 g/mol. The predicted molar refractivity (Wildman–Crippen MR) is 94.9 cm³/mol. The molecule has 0 amide bonds. The number of nitrogens with one attached hydrogen (secondary N) is 2. The number of nitrogens with zero attached hydrogens (tertiary/aromatic N) is 2. The summed E-state index contributed by atoms with van der Waals surface area (Å²) in [6.07, 6.45) is 1.48. The van der Waals surface area contributed by atoms with Crippen molar-refractivity contribution in [1.82, 2.24) is 9.97 Å². The first-order chi connectivity index (χ1) is 11.2. The van der Waals surface area contributed by atoms with E-state index in [0.29, 0.717) is 28.9 Å². The Kier molecular flexibility index (Phi) is 4.59. The lowest BCUT2D eigenvalue weighted by Gasteiger charge is -2.12. The van der Waals surface area contributed by atoms with Crippen molar-refractivity contribution in [1.29, 1.82) is 0 Å². The van der Waals surface area contributed by atoms with Gasteiger partial charge in [-0.1, -0.05) is 41.9 Å². The van der Waals surface area contributed by atoms with Crippen LogP contribution in [0.4, 0.5) is 23.0 Å². The average Bonchev–Trinajstić information content (AvgIpc) is 2.58. The van der Waals surface area contributed by atoms with Gasteiger partial charge in [0.25, 0.3) is 0 Å². The third-order valence-corrected chi connectivity index (χ3v) is 3.55. The smallest absolute Gasteiger partial charge is 0.159 e. The lowest BCUT2D eigenvalue weighted by Crippen LogP contribution is -2.08. The molecule has 0 aliphatic rings. The Morgan fingerprint density at radius 2 is 1.61 bits per heavy atom. The second kappa shape index (κ2) is 6.98. The van der Waals surface area contributed by atoms with E-state index in [2.05, 4.69) is 20.6 Å². The van der Waals surface area contributed by atoms with Gasteiger partial charge in [-0.3, -0.25) is 0 Å². The van der Waals surface area contributed by atoms with Gasteiger partial charge in [-0.15, -0.1) is 0 Å². The number of aromatic nitrogens is 2. The van der Waals surface area contributed by atoms with Crippen molar-refractivity contribution in [2.45, 2.75) is 6.54 Å². The Labute approximate surface area is 139 Å². The van der Waals surface area contributed by atoms with Gasteiger partial charge >= 0.3 is 0 Å². The molecule has 6 heteroatoms. The molecule has 116 valence electrons. The van der Waals surface area contributed by atoms with Gasteiger partial charge in [-0.25, -0.2) is 9.97 Å². The topological polar surface area (TPSA) is 75.9 Å². The summed E-state index contributed by atoms with van der Waals surface area (Å²) in [6.45, 7) is 0.600. The molecule has 0 fully saturated rings. The van der Waals surface area contributed by atoms with Crippen LogP contribution in [0, 0.1) is 0 Å². The molecule has 2 aromatic carbocycles. The first-order valence-corrected chi connectivity index (χ1v) is 7.51. The molecule has 0 saturated carbocycles. The summed E-state index contributed by atoms with van der Waals surface area (Å²) in [5, 5.41) is 7.11.